The fourth-order valence-corrected chi connectivity index (χ4v) is 1.78. The Kier molecular flexibility index (Phi) is 3.28. The van der Waals surface area contributed by atoms with E-state index in [1.54, 1.807) is 30.2 Å². The van der Waals surface area contributed by atoms with Gasteiger partial charge in [-0.2, -0.15) is 0 Å². The summed E-state index contributed by atoms with van der Waals surface area (Å²) in [5.74, 6) is -0.219. The Bertz CT molecular complexity index is 407. The van der Waals surface area contributed by atoms with Crippen LogP contribution in [0.25, 0.3) is 0 Å². The first-order chi connectivity index (χ1) is 8.09. The second-order valence-corrected chi connectivity index (χ2v) is 4.49. The van der Waals surface area contributed by atoms with Crippen LogP contribution in [-0.4, -0.2) is 40.2 Å². The molecule has 0 saturated heterocycles. The number of H-pyrrole nitrogens is 1. The number of nitrogens with zero attached hydrogens (tertiary/aromatic N) is 1. The maximum Gasteiger partial charge on any atom is 0.239 e. The van der Waals surface area contributed by atoms with Gasteiger partial charge in [0.2, 0.25) is 5.91 Å². The summed E-state index contributed by atoms with van der Waals surface area (Å²) in [6, 6.07) is 3.13. The van der Waals surface area contributed by atoms with Gasteiger partial charge in [-0.3, -0.25) is 9.59 Å². The first-order valence-electron chi connectivity index (χ1n) is 5.82. The number of ketones is 1. The van der Waals surface area contributed by atoms with E-state index in [0.29, 0.717) is 5.69 Å². The third-order valence-corrected chi connectivity index (χ3v) is 2.87. The normalized spacial score (nSPS) is 16.6. The number of carbonyl (C=O) groups excluding carboxylic acids is 2. The van der Waals surface area contributed by atoms with Gasteiger partial charge in [-0.1, -0.05) is 0 Å². The Balaban J connectivity index is 2.03. The molecule has 1 aromatic heterocycles. The second-order valence-electron chi connectivity index (χ2n) is 4.49. The number of aromatic nitrogens is 1. The van der Waals surface area contributed by atoms with Gasteiger partial charge in [0.1, 0.15) is 0 Å². The molecule has 1 heterocycles. The van der Waals surface area contributed by atoms with Crippen molar-refractivity contribution in [2.45, 2.75) is 31.8 Å². The Labute approximate surface area is 100.0 Å². The lowest BCUT2D eigenvalue weighted by atomic mass is 10.2. The monoisotopic (exact) mass is 235 g/mol. The third kappa shape index (κ3) is 2.74. The minimum atomic E-state index is -0.549. The Hall–Kier alpha value is -1.62. The number of hydrogen-bond donors (Lipinski definition) is 2. The second kappa shape index (κ2) is 4.71. The lowest BCUT2D eigenvalue weighted by molar-refractivity contribution is -0.132. The van der Waals surface area contributed by atoms with Gasteiger partial charge in [0.05, 0.1) is 18.3 Å². The highest BCUT2D eigenvalue weighted by molar-refractivity contribution is 5.98. The molecule has 2 rings (SSSR count). The smallest absolute Gasteiger partial charge is 0.239 e. The first-order valence-corrected chi connectivity index (χ1v) is 5.82. The highest BCUT2D eigenvalue weighted by atomic mass is 16.2. The maximum atomic E-state index is 11.9. The predicted molar refractivity (Wildman–Crippen MR) is 63.5 cm³/mol. The summed E-state index contributed by atoms with van der Waals surface area (Å²) in [6.07, 6.45) is 3.63. The molecular weight excluding hydrogens is 218 g/mol. The van der Waals surface area contributed by atoms with Crippen molar-refractivity contribution in [3.8, 4) is 0 Å². The molecule has 0 aliphatic heterocycles. The lowest BCUT2D eigenvalue weighted by Gasteiger charge is -2.23. The SMILES string of the molecule is C[C@H](N)C(=O)N(CC(=O)c1ccc[nH]1)C1CC1. The van der Waals surface area contributed by atoms with E-state index in [-0.39, 0.29) is 24.3 Å². The van der Waals surface area contributed by atoms with Crippen molar-refractivity contribution in [3.05, 3.63) is 24.0 Å². The molecule has 1 aliphatic rings. The van der Waals surface area contributed by atoms with Crippen LogP contribution in [-0.2, 0) is 4.79 Å². The van der Waals surface area contributed by atoms with Gasteiger partial charge < -0.3 is 15.6 Å². The molecule has 5 nitrogen and oxygen atoms in total. The zero-order valence-corrected chi connectivity index (χ0v) is 9.85. The topological polar surface area (TPSA) is 79.2 Å². The standard InChI is InChI=1S/C12H17N3O2/c1-8(13)12(17)15(9-4-5-9)7-11(16)10-3-2-6-14-10/h2-3,6,8-9,14H,4-5,7,13H2,1H3/t8-/m0/s1. The van der Waals surface area contributed by atoms with Crippen molar-refractivity contribution in [2.75, 3.05) is 6.54 Å². The van der Waals surface area contributed by atoms with Crippen molar-refractivity contribution in [2.24, 2.45) is 5.73 Å². The molecule has 1 aliphatic carbocycles. The van der Waals surface area contributed by atoms with Gasteiger partial charge in [-0.05, 0) is 31.9 Å². The number of rotatable bonds is 5. The minimum absolute atomic E-state index is 0.0732. The van der Waals surface area contributed by atoms with Crippen LogP contribution in [0.15, 0.2) is 18.3 Å². The van der Waals surface area contributed by atoms with Crippen LogP contribution < -0.4 is 5.73 Å². The Morgan fingerprint density at radius 3 is 2.76 bits per heavy atom. The molecule has 0 spiro atoms. The van der Waals surface area contributed by atoms with Gasteiger partial charge in [0, 0.05) is 12.2 Å². The Morgan fingerprint density at radius 2 is 2.29 bits per heavy atom. The van der Waals surface area contributed by atoms with Crippen LogP contribution in [0.5, 0.6) is 0 Å². The quantitative estimate of drug-likeness (QED) is 0.731. The molecule has 0 aromatic carbocycles. The van der Waals surface area contributed by atoms with E-state index in [0.717, 1.165) is 12.8 Å². The zero-order valence-electron chi connectivity index (χ0n) is 9.85. The molecular formula is C12H17N3O2. The van der Waals surface area contributed by atoms with Crippen LogP contribution in [0, 0.1) is 0 Å². The van der Waals surface area contributed by atoms with E-state index in [1.807, 2.05) is 0 Å². The average Bonchev–Trinajstić information content (AvgIpc) is 2.98. The number of aromatic amines is 1. The summed E-state index contributed by atoms with van der Waals surface area (Å²) in [7, 11) is 0. The van der Waals surface area contributed by atoms with Gasteiger partial charge in [-0.25, -0.2) is 0 Å². The number of amides is 1. The third-order valence-electron chi connectivity index (χ3n) is 2.87. The molecule has 0 bridgehead atoms. The van der Waals surface area contributed by atoms with Crippen LogP contribution in [0.2, 0.25) is 0 Å². The highest BCUT2D eigenvalue weighted by Crippen LogP contribution is 2.27. The fraction of sp³-hybridized carbons (Fsp3) is 0.500. The average molecular weight is 235 g/mol. The van der Waals surface area contributed by atoms with E-state index < -0.39 is 6.04 Å². The number of nitrogens with two attached hydrogens (primary N) is 1. The predicted octanol–water partition coefficient (Wildman–Crippen LogP) is 0.536. The van der Waals surface area contributed by atoms with Crippen molar-refractivity contribution in [1.29, 1.82) is 0 Å². The minimum Gasteiger partial charge on any atom is -0.359 e. The lowest BCUT2D eigenvalue weighted by Crippen LogP contribution is -2.45. The summed E-state index contributed by atoms with van der Waals surface area (Å²) >= 11 is 0. The van der Waals surface area contributed by atoms with Crippen molar-refractivity contribution >= 4 is 11.7 Å². The molecule has 0 radical (unpaired) electrons. The molecule has 1 amide bonds. The van der Waals surface area contributed by atoms with Crippen LogP contribution >= 0.6 is 0 Å². The van der Waals surface area contributed by atoms with Gasteiger partial charge >= 0.3 is 0 Å². The van der Waals surface area contributed by atoms with E-state index in [2.05, 4.69) is 4.98 Å². The van der Waals surface area contributed by atoms with Crippen molar-refractivity contribution in [1.82, 2.24) is 9.88 Å². The summed E-state index contributed by atoms with van der Waals surface area (Å²) in [4.78, 5) is 28.2. The maximum absolute atomic E-state index is 11.9. The van der Waals surface area contributed by atoms with E-state index in [4.69, 9.17) is 5.73 Å². The van der Waals surface area contributed by atoms with E-state index in [1.165, 1.54) is 0 Å². The molecule has 1 fully saturated rings. The summed E-state index contributed by atoms with van der Waals surface area (Å²) in [5, 5.41) is 0. The molecule has 0 unspecified atom stereocenters. The largest absolute Gasteiger partial charge is 0.359 e. The first kappa shape index (κ1) is 11.9. The van der Waals surface area contributed by atoms with Crippen molar-refractivity contribution < 1.29 is 9.59 Å². The molecule has 3 N–H and O–H groups in total. The number of carbonyl (C=O) groups is 2. The van der Waals surface area contributed by atoms with Gasteiger partial charge in [-0.15, -0.1) is 0 Å². The van der Waals surface area contributed by atoms with Crippen LogP contribution in [0.4, 0.5) is 0 Å². The molecule has 1 saturated carbocycles. The molecule has 1 atom stereocenters. The van der Waals surface area contributed by atoms with Crippen LogP contribution in [0.1, 0.15) is 30.3 Å². The molecule has 17 heavy (non-hydrogen) atoms. The van der Waals surface area contributed by atoms with Crippen molar-refractivity contribution in [3.63, 3.8) is 0 Å². The Morgan fingerprint density at radius 1 is 1.59 bits per heavy atom. The summed E-state index contributed by atoms with van der Waals surface area (Å²) < 4.78 is 0. The summed E-state index contributed by atoms with van der Waals surface area (Å²) in [5.41, 5.74) is 6.12. The highest BCUT2D eigenvalue weighted by Gasteiger charge is 2.35. The summed E-state index contributed by atoms with van der Waals surface area (Å²) in [6.45, 7) is 1.77. The van der Waals surface area contributed by atoms with Crippen LogP contribution in [0.3, 0.4) is 0 Å². The molecule has 92 valence electrons. The van der Waals surface area contributed by atoms with Gasteiger partial charge in [0.15, 0.2) is 5.78 Å². The van der Waals surface area contributed by atoms with E-state index in [9.17, 15) is 9.59 Å². The fourth-order valence-electron chi connectivity index (χ4n) is 1.78. The zero-order chi connectivity index (χ0) is 12.4. The van der Waals surface area contributed by atoms with Gasteiger partial charge in [0.25, 0.3) is 0 Å². The number of nitrogens with one attached hydrogen (secondary N) is 1. The number of Topliss-reactive ketones (excluding diaryl/α,β-unsaturated/α-hetero) is 1. The molecule has 5 heteroatoms. The molecule has 1 aromatic rings. The number of hydrogen-bond acceptors (Lipinski definition) is 3. The van der Waals surface area contributed by atoms with E-state index >= 15 is 0 Å².